The van der Waals surface area contributed by atoms with Gasteiger partial charge in [-0.1, -0.05) is 30.3 Å². The summed E-state index contributed by atoms with van der Waals surface area (Å²) in [6.07, 6.45) is -0.508. The molecule has 0 fully saturated rings. The van der Waals surface area contributed by atoms with E-state index < -0.39 is 23.6 Å². The van der Waals surface area contributed by atoms with E-state index in [0.717, 1.165) is 0 Å². The molecule has 0 heterocycles. The predicted octanol–water partition coefficient (Wildman–Crippen LogP) is -0.501. The van der Waals surface area contributed by atoms with Gasteiger partial charge in [0.25, 0.3) is 0 Å². The van der Waals surface area contributed by atoms with E-state index in [1.165, 1.54) is 5.56 Å². The van der Waals surface area contributed by atoms with Gasteiger partial charge in [-0.05, 0) is 6.92 Å². The van der Waals surface area contributed by atoms with E-state index in [9.17, 15) is 14.7 Å². The summed E-state index contributed by atoms with van der Waals surface area (Å²) in [5, 5.41) is 16.6. The van der Waals surface area contributed by atoms with E-state index >= 15 is 0 Å². The first-order valence-corrected chi connectivity index (χ1v) is 5.85. The maximum Gasteiger partial charge on any atom is 0.304 e. The third-order valence-corrected chi connectivity index (χ3v) is 2.40. The molecule has 0 unspecified atom stereocenters. The second kappa shape index (κ2) is 8.54. The van der Waals surface area contributed by atoms with Gasteiger partial charge in [-0.15, -0.1) is 0 Å². The van der Waals surface area contributed by atoms with Crippen LogP contribution in [0.25, 0.3) is 0 Å². The molecule has 2 atom stereocenters. The molecule has 1 aromatic carbocycles. The lowest BCUT2D eigenvalue weighted by Crippen LogP contribution is -2.51. The molecule has 4 N–H and O–H groups in total. The second-order valence-electron chi connectivity index (χ2n) is 3.74. The minimum atomic E-state index is -1.46. The van der Waals surface area contributed by atoms with Crippen molar-refractivity contribution in [2.75, 3.05) is 0 Å². The van der Waals surface area contributed by atoms with E-state index in [1.807, 2.05) is 18.2 Å². The van der Waals surface area contributed by atoms with Gasteiger partial charge in [0.2, 0.25) is 0 Å². The lowest BCUT2D eigenvalue weighted by Gasteiger charge is -2.06. The normalized spacial score (nSPS) is 12.8. The quantitative estimate of drug-likeness (QED) is 0.642. The Balaban J connectivity index is 0.000000321. The number of carbonyl (C=O) groups is 2. The van der Waals surface area contributed by atoms with Crippen LogP contribution in [0.4, 0.5) is 0 Å². The van der Waals surface area contributed by atoms with Crippen LogP contribution < -0.4 is 10.8 Å². The number of hydrogen-bond donors (Lipinski definition) is 3. The van der Waals surface area contributed by atoms with E-state index in [4.69, 9.17) is 5.11 Å². The standard InChI is InChI=1S/C8H11N.C4H6O4S/c1-7(9)8-5-3-2-4-6-8;5-3(6)1-2(9)4(7)8/h2-7H,9H2,1H3;2,9H,1H2,(H,5,6)(H,7,8)/t7-;2-/m01/s1. The molecule has 6 heteroatoms. The molecule has 0 saturated heterocycles. The summed E-state index contributed by atoms with van der Waals surface area (Å²) in [6.45, 7) is 2.09. The number of thiol groups is 1. The smallest absolute Gasteiger partial charge is 0.304 e. The maximum atomic E-state index is 9.78. The summed E-state index contributed by atoms with van der Waals surface area (Å²) in [5.74, 6) is -2.65. The fraction of sp³-hybridized carbons (Fsp3) is 0.333. The second-order valence-corrected chi connectivity index (χ2v) is 4.37. The summed E-state index contributed by atoms with van der Waals surface area (Å²) in [6, 6.07) is 10.7. The van der Waals surface area contributed by atoms with Crippen LogP contribution in [0.3, 0.4) is 0 Å². The van der Waals surface area contributed by atoms with Crippen LogP contribution in [0.1, 0.15) is 24.9 Å². The Morgan fingerprint density at radius 3 is 2.11 bits per heavy atom. The number of aliphatic carboxylic acids is 2. The number of carboxylic acid groups (broad SMARTS) is 2. The maximum absolute atomic E-state index is 9.78. The van der Waals surface area contributed by atoms with Gasteiger partial charge in [-0.25, -0.2) is 0 Å². The highest BCUT2D eigenvalue weighted by molar-refractivity contribution is 7.81. The van der Waals surface area contributed by atoms with Crippen molar-refractivity contribution in [2.24, 2.45) is 0 Å². The molecular weight excluding hydrogens is 254 g/mol. The molecule has 0 amide bonds. The highest BCUT2D eigenvalue weighted by Gasteiger charge is 2.07. The topological polar surface area (TPSA) is 105 Å². The van der Waals surface area contributed by atoms with Gasteiger partial charge in [0.05, 0.1) is 17.6 Å². The minimum absolute atomic E-state index is 0.409. The lowest BCUT2D eigenvalue weighted by molar-refractivity contribution is -0.420. The predicted molar refractivity (Wildman–Crippen MR) is 67.8 cm³/mol. The zero-order valence-electron chi connectivity index (χ0n) is 10.1. The highest BCUT2D eigenvalue weighted by Crippen LogP contribution is 2.04. The average Bonchev–Trinajstić information content (AvgIpc) is 2.30. The Morgan fingerprint density at radius 1 is 1.39 bits per heavy atom. The number of carboxylic acids is 2. The van der Waals surface area contributed by atoms with Crippen LogP contribution in [-0.2, 0) is 9.59 Å². The summed E-state index contributed by atoms with van der Waals surface area (Å²) < 4.78 is 0. The van der Waals surface area contributed by atoms with Crippen LogP contribution >= 0.6 is 12.6 Å². The molecule has 0 aromatic heterocycles. The SMILES string of the molecule is C[C@H]([NH3+])c1ccccc1.O=C(O)C[C@@H](S)C(=O)[O-]. The third kappa shape index (κ3) is 7.70. The van der Waals surface area contributed by atoms with Crippen molar-refractivity contribution in [3.8, 4) is 0 Å². The molecule has 1 aromatic rings. The van der Waals surface area contributed by atoms with Crippen LogP contribution in [0.2, 0.25) is 0 Å². The van der Waals surface area contributed by atoms with E-state index in [2.05, 4.69) is 37.4 Å². The molecule has 5 nitrogen and oxygen atoms in total. The van der Waals surface area contributed by atoms with E-state index in [-0.39, 0.29) is 0 Å². The average molecular weight is 271 g/mol. The van der Waals surface area contributed by atoms with Crippen molar-refractivity contribution in [2.45, 2.75) is 24.6 Å². The van der Waals surface area contributed by atoms with Gasteiger partial charge in [0.15, 0.2) is 0 Å². The van der Waals surface area contributed by atoms with Gasteiger partial charge in [0, 0.05) is 5.56 Å². The Labute approximate surface area is 111 Å². The Morgan fingerprint density at radius 2 is 1.89 bits per heavy atom. The van der Waals surface area contributed by atoms with Crippen molar-refractivity contribution in [3.63, 3.8) is 0 Å². The fourth-order valence-corrected chi connectivity index (χ4v) is 1.19. The molecule has 0 aliphatic heterocycles. The van der Waals surface area contributed by atoms with Crippen LogP contribution in [-0.4, -0.2) is 22.3 Å². The van der Waals surface area contributed by atoms with Crippen molar-refractivity contribution in [3.05, 3.63) is 35.9 Å². The third-order valence-electron chi connectivity index (χ3n) is 2.01. The number of quaternary nitrogens is 1. The first-order valence-electron chi connectivity index (χ1n) is 5.33. The summed E-state index contributed by atoms with van der Waals surface area (Å²) in [5.41, 5.74) is 5.21. The van der Waals surface area contributed by atoms with E-state index in [1.54, 1.807) is 0 Å². The van der Waals surface area contributed by atoms with Gasteiger partial charge in [0.1, 0.15) is 6.04 Å². The molecular formula is C12H17NO4S. The molecule has 0 bridgehead atoms. The first-order chi connectivity index (χ1) is 8.34. The summed E-state index contributed by atoms with van der Waals surface area (Å²) in [7, 11) is 0. The van der Waals surface area contributed by atoms with Crippen molar-refractivity contribution in [1.82, 2.24) is 0 Å². The molecule has 1 rings (SSSR count). The van der Waals surface area contributed by atoms with Crippen LogP contribution in [0.15, 0.2) is 30.3 Å². The molecule has 100 valence electrons. The lowest BCUT2D eigenvalue weighted by atomic mass is 10.1. The molecule has 18 heavy (non-hydrogen) atoms. The zero-order chi connectivity index (χ0) is 14.1. The minimum Gasteiger partial charge on any atom is -0.549 e. The van der Waals surface area contributed by atoms with Gasteiger partial charge in [-0.3, -0.25) is 4.79 Å². The van der Waals surface area contributed by atoms with Gasteiger partial charge >= 0.3 is 5.97 Å². The number of hydrogen-bond acceptors (Lipinski definition) is 4. The van der Waals surface area contributed by atoms with Gasteiger partial charge in [-0.2, -0.15) is 12.6 Å². The zero-order valence-corrected chi connectivity index (χ0v) is 11.0. The molecule has 0 radical (unpaired) electrons. The fourth-order valence-electron chi connectivity index (χ4n) is 1.03. The first kappa shape index (κ1) is 16.5. The highest BCUT2D eigenvalue weighted by atomic mass is 32.1. The Bertz CT molecular complexity index is 381. The van der Waals surface area contributed by atoms with Crippen molar-refractivity contribution >= 4 is 24.6 Å². The largest absolute Gasteiger partial charge is 0.549 e. The van der Waals surface area contributed by atoms with Gasteiger partial charge < -0.3 is 20.7 Å². The molecule has 0 saturated carbocycles. The van der Waals surface area contributed by atoms with Crippen molar-refractivity contribution < 1.29 is 25.5 Å². The number of benzene rings is 1. The Kier molecular flexibility index (Phi) is 7.82. The molecule has 0 aliphatic rings. The molecule has 0 aliphatic carbocycles. The number of carbonyl (C=O) groups excluding carboxylic acids is 1. The van der Waals surface area contributed by atoms with Crippen LogP contribution in [0, 0.1) is 0 Å². The monoisotopic (exact) mass is 271 g/mol. The molecule has 0 spiro atoms. The number of rotatable bonds is 4. The summed E-state index contributed by atoms with van der Waals surface area (Å²) in [4.78, 5) is 19.6. The van der Waals surface area contributed by atoms with E-state index in [0.29, 0.717) is 6.04 Å². The van der Waals surface area contributed by atoms with Crippen LogP contribution in [0.5, 0.6) is 0 Å². The Hall–Kier alpha value is -1.53. The van der Waals surface area contributed by atoms with Crippen molar-refractivity contribution in [1.29, 1.82) is 0 Å². The summed E-state index contributed by atoms with van der Waals surface area (Å²) >= 11 is 3.42.